The molecule has 1 aromatic rings. The van der Waals surface area contributed by atoms with Crippen LogP contribution < -0.4 is 15.8 Å². The van der Waals surface area contributed by atoms with Crippen LogP contribution in [0.2, 0.25) is 0 Å². The molecular weight excluding hydrogens is 254 g/mol. The number of anilines is 1. The number of nitrogens with two attached hydrogens (primary N) is 1. The van der Waals surface area contributed by atoms with Crippen LogP contribution in [-0.2, 0) is 4.79 Å². The Labute approximate surface area is 120 Å². The van der Waals surface area contributed by atoms with E-state index in [-0.39, 0.29) is 12.5 Å². The van der Waals surface area contributed by atoms with Gasteiger partial charge in [-0.1, -0.05) is 0 Å². The maximum absolute atomic E-state index is 11.6. The molecule has 0 aromatic heterocycles. The minimum atomic E-state index is -0.0803. The van der Waals surface area contributed by atoms with Crippen LogP contribution in [0.25, 0.3) is 0 Å². The molecule has 0 radical (unpaired) electrons. The summed E-state index contributed by atoms with van der Waals surface area (Å²) in [6, 6.07) is 7.03. The van der Waals surface area contributed by atoms with Gasteiger partial charge in [0.2, 0.25) is 0 Å². The average molecular weight is 277 g/mol. The number of hydrogen-bond acceptors (Lipinski definition) is 4. The lowest BCUT2D eigenvalue weighted by atomic mass is 10.3. The number of benzene rings is 1. The van der Waals surface area contributed by atoms with E-state index in [1.54, 1.807) is 24.3 Å². The van der Waals surface area contributed by atoms with Crippen LogP contribution in [0, 0.1) is 0 Å². The first-order chi connectivity index (χ1) is 9.74. The van der Waals surface area contributed by atoms with Gasteiger partial charge in [-0.2, -0.15) is 0 Å². The van der Waals surface area contributed by atoms with E-state index in [1.807, 2.05) is 0 Å². The highest BCUT2D eigenvalue weighted by atomic mass is 16.5. The molecule has 1 amide bonds. The highest BCUT2D eigenvalue weighted by Gasteiger charge is 2.10. The largest absolute Gasteiger partial charge is 0.484 e. The van der Waals surface area contributed by atoms with E-state index in [1.165, 1.54) is 25.9 Å². The number of nitrogen functional groups attached to an aromatic ring is 1. The van der Waals surface area contributed by atoms with Crippen LogP contribution in [-0.4, -0.2) is 43.6 Å². The summed E-state index contributed by atoms with van der Waals surface area (Å²) in [5, 5.41) is 2.87. The molecule has 5 nitrogen and oxygen atoms in total. The fourth-order valence-electron chi connectivity index (χ4n) is 2.30. The van der Waals surface area contributed by atoms with Crippen molar-refractivity contribution in [1.29, 1.82) is 0 Å². The molecule has 1 saturated heterocycles. The van der Waals surface area contributed by atoms with Gasteiger partial charge in [0.1, 0.15) is 5.75 Å². The third-order valence-corrected chi connectivity index (χ3v) is 3.42. The summed E-state index contributed by atoms with van der Waals surface area (Å²) in [5.74, 6) is 0.578. The Morgan fingerprint density at radius 1 is 1.25 bits per heavy atom. The second-order valence-corrected chi connectivity index (χ2v) is 5.11. The molecule has 5 heteroatoms. The Balaban J connectivity index is 1.54. The highest BCUT2D eigenvalue weighted by molar-refractivity contribution is 5.77. The number of nitrogens with zero attached hydrogens (tertiary/aromatic N) is 1. The van der Waals surface area contributed by atoms with Gasteiger partial charge in [-0.15, -0.1) is 0 Å². The number of hydrogen-bond donors (Lipinski definition) is 2. The molecule has 1 aliphatic rings. The van der Waals surface area contributed by atoms with Gasteiger partial charge in [0, 0.05) is 12.2 Å². The van der Waals surface area contributed by atoms with Crippen molar-refractivity contribution in [2.24, 2.45) is 0 Å². The lowest BCUT2D eigenvalue weighted by molar-refractivity contribution is -0.123. The van der Waals surface area contributed by atoms with Gasteiger partial charge in [0.05, 0.1) is 0 Å². The minimum Gasteiger partial charge on any atom is -0.484 e. The molecule has 1 aromatic carbocycles. The van der Waals surface area contributed by atoms with Gasteiger partial charge in [-0.25, -0.2) is 0 Å². The molecule has 0 saturated carbocycles. The van der Waals surface area contributed by atoms with Crippen LogP contribution in [0.3, 0.4) is 0 Å². The highest BCUT2D eigenvalue weighted by Crippen LogP contribution is 2.12. The molecule has 3 N–H and O–H groups in total. The van der Waals surface area contributed by atoms with E-state index >= 15 is 0 Å². The fraction of sp³-hybridized carbons (Fsp3) is 0.533. The number of carbonyl (C=O) groups is 1. The second kappa shape index (κ2) is 7.75. The van der Waals surface area contributed by atoms with Gasteiger partial charge >= 0.3 is 0 Å². The number of carbonyl (C=O) groups excluding carboxylic acids is 1. The minimum absolute atomic E-state index is 0.0492. The van der Waals surface area contributed by atoms with Crippen molar-refractivity contribution in [2.75, 3.05) is 38.5 Å². The Kier molecular flexibility index (Phi) is 5.68. The number of ether oxygens (including phenoxy) is 1. The molecule has 0 bridgehead atoms. The van der Waals surface area contributed by atoms with Crippen LogP contribution >= 0.6 is 0 Å². The summed E-state index contributed by atoms with van der Waals surface area (Å²) in [4.78, 5) is 14.0. The predicted molar refractivity (Wildman–Crippen MR) is 79.7 cm³/mol. The quantitative estimate of drug-likeness (QED) is 0.581. The van der Waals surface area contributed by atoms with Crippen molar-refractivity contribution >= 4 is 11.6 Å². The average Bonchev–Trinajstić information content (AvgIpc) is 2.96. The van der Waals surface area contributed by atoms with Crippen LogP contribution in [0.15, 0.2) is 24.3 Å². The van der Waals surface area contributed by atoms with E-state index in [0.29, 0.717) is 18.0 Å². The van der Waals surface area contributed by atoms with Gasteiger partial charge < -0.3 is 20.7 Å². The molecule has 0 atom stereocenters. The molecule has 2 rings (SSSR count). The summed E-state index contributed by atoms with van der Waals surface area (Å²) in [7, 11) is 0. The summed E-state index contributed by atoms with van der Waals surface area (Å²) in [5.41, 5.74) is 6.26. The molecule has 20 heavy (non-hydrogen) atoms. The van der Waals surface area contributed by atoms with Crippen molar-refractivity contribution in [3.8, 4) is 5.75 Å². The second-order valence-electron chi connectivity index (χ2n) is 5.11. The van der Waals surface area contributed by atoms with Gasteiger partial charge in [0.15, 0.2) is 6.61 Å². The predicted octanol–water partition coefficient (Wildman–Crippen LogP) is 1.25. The van der Waals surface area contributed by atoms with Crippen molar-refractivity contribution in [3.05, 3.63) is 24.3 Å². The third kappa shape index (κ3) is 5.09. The standard InChI is InChI=1S/C15H23N3O2/c16-13-4-6-14(7-5-13)20-12-15(19)17-8-3-11-18-9-1-2-10-18/h4-7H,1-3,8-12,16H2,(H,17,19). The Morgan fingerprint density at radius 3 is 2.65 bits per heavy atom. The first kappa shape index (κ1) is 14.7. The van der Waals surface area contributed by atoms with Crippen molar-refractivity contribution in [2.45, 2.75) is 19.3 Å². The van der Waals surface area contributed by atoms with E-state index in [9.17, 15) is 4.79 Å². The Bertz CT molecular complexity index is 414. The summed E-state index contributed by atoms with van der Waals surface area (Å²) < 4.78 is 5.38. The number of amides is 1. The molecule has 0 unspecified atom stereocenters. The molecular formula is C15H23N3O2. The monoisotopic (exact) mass is 277 g/mol. The van der Waals surface area contributed by atoms with E-state index in [2.05, 4.69) is 10.2 Å². The fourth-order valence-corrected chi connectivity index (χ4v) is 2.30. The summed E-state index contributed by atoms with van der Waals surface area (Å²) in [6.45, 7) is 4.23. The molecule has 0 spiro atoms. The van der Waals surface area contributed by atoms with Crippen molar-refractivity contribution in [3.63, 3.8) is 0 Å². The topological polar surface area (TPSA) is 67.6 Å². The maximum Gasteiger partial charge on any atom is 0.257 e. The maximum atomic E-state index is 11.6. The van der Waals surface area contributed by atoms with Gasteiger partial charge in [0.25, 0.3) is 5.91 Å². The SMILES string of the molecule is Nc1ccc(OCC(=O)NCCCN2CCCC2)cc1. The lowest BCUT2D eigenvalue weighted by Gasteiger charge is -2.14. The Hall–Kier alpha value is -1.75. The smallest absolute Gasteiger partial charge is 0.257 e. The zero-order valence-corrected chi connectivity index (χ0v) is 11.8. The van der Waals surface area contributed by atoms with E-state index < -0.39 is 0 Å². The first-order valence-electron chi connectivity index (χ1n) is 7.21. The molecule has 110 valence electrons. The Morgan fingerprint density at radius 2 is 1.95 bits per heavy atom. The van der Waals surface area contributed by atoms with Gasteiger partial charge in [-0.05, 0) is 63.2 Å². The molecule has 1 heterocycles. The van der Waals surface area contributed by atoms with Crippen LogP contribution in [0.4, 0.5) is 5.69 Å². The number of rotatable bonds is 7. The van der Waals surface area contributed by atoms with Crippen LogP contribution in [0.5, 0.6) is 5.75 Å². The van der Waals surface area contributed by atoms with E-state index in [4.69, 9.17) is 10.5 Å². The lowest BCUT2D eigenvalue weighted by Crippen LogP contribution is -2.31. The number of likely N-dealkylation sites (tertiary alicyclic amines) is 1. The first-order valence-corrected chi connectivity index (χ1v) is 7.21. The van der Waals surface area contributed by atoms with Crippen LogP contribution in [0.1, 0.15) is 19.3 Å². The summed E-state index contributed by atoms with van der Waals surface area (Å²) >= 11 is 0. The molecule has 0 aliphatic carbocycles. The summed E-state index contributed by atoms with van der Waals surface area (Å²) in [6.07, 6.45) is 3.61. The molecule has 1 aliphatic heterocycles. The van der Waals surface area contributed by atoms with Crippen molar-refractivity contribution < 1.29 is 9.53 Å². The third-order valence-electron chi connectivity index (χ3n) is 3.42. The van der Waals surface area contributed by atoms with Gasteiger partial charge in [-0.3, -0.25) is 4.79 Å². The number of nitrogens with one attached hydrogen (secondary N) is 1. The molecule has 1 fully saturated rings. The zero-order valence-electron chi connectivity index (χ0n) is 11.8. The van der Waals surface area contributed by atoms with Crippen molar-refractivity contribution in [1.82, 2.24) is 10.2 Å². The normalized spacial score (nSPS) is 15.2. The zero-order chi connectivity index (χ0) is 14.2. The van der Waals surface area contributed by atoms with E-state index in [0.717, 1.165) is 13.0 Å².